The summed E-state index contributed by atoms with van der Waals surface area (Å²) in [6.07, 6.45) is -4.50. The van der Waals surface area contributed by atoms with Crippen LogP contribution in [0.2, 0.25) is 5.02 Å². The average Bonchev–Trinajstić information content (AvgIpc) is 3.29. The maximum Gasteiger partial charge on any atom is 0.416 e. The van der Waals surface area contributed by atoms with Crippen molar-refractivity contribution in [1.29, 1.82) is 0 Å². The van der Waals surface area contributed by atoms with Gasteiger partial charge in [-0.25, -0.2) is 0 Å². The molecule has 0 radical (unpaired) electrons. The number of para-hydroxylation sites is 1. The highest BCUT2D eigenvalue weighted by molar-refractivity contribution is 7.99. The third kappa shape index (κ3) is 6.75. The highest BCUT2D eigenvalue weighted by Gasteiger charge is 2.30. The van der Waals surface area contributed by atoms with Crippen LogP contribution in [0.25, 0.3) is 5.69 Å². The van der Waals surface area contributed by atoms with Gasteiger partial charge >= 0.3 is 6.18 Å². The van der Waals surface area contributed by atoms with Crippen LogP contribution in [0.5, 0.6) is 5.75 Å². The first-order valence-corrected chi connectivity index (χ1v) is 12.3. The van der Waals surface area contributed by atoms with Crippen LogP contribution in [0.1, 0.15) is 11.4 Å². The molecule has 1 amide bonds. The Morgan fingerprint density at radius 3 is 2.51 bits per heavy atom. The predicted molar refractivity (Wildman–Crippen MR) is 137 cm³/mol. The summed E-state index contributed by atoms with van der Waals surface area (Å²) in [7, 11) is 1.57. The molecule has 0 bridgehead atoms. The Bertz CT molecular complexity index is 1380. The number of aromatic nitrogens is 3. The molecule has 0 unspecified atom stereocenters. The van der Waals surface area contributed by atoms with E-state index in [9.17, 15) is 18.0 Å². The Kier molecular flexibility index (Phi) is 8.24. The molecular formula is C25H21ClF3N5O2S. The van der Waals surface area contributed by atoms with Gasteiger partial charge in [0.2, 0.25) is 5.91 Å². The monoisotopic (exact) mass is 547 g/mol. The predicted octanol–water partition coefficient (Wildman–Crippen LogP) is 6.29. The number of methoxy groups -OCH3 is 1. The molecule has 37 heavy (non-hydrogen) atoms. The average molecular weight is 548 g/mol. The Morgan fingerprint density at radius 2 is 1.81 bits per heavy atom. The van der Waals surface area contributed by atoms with Crippen LogP contribution in [0, 0.1) is 0 Å². The summed E-state index contributed by atoms with van der Waals surface area (Å²) in [6, 6.07) is 19.0. The van der Waals surface area contributed by atoms with Gasteiger partial charge in [0.1, 0.15) is 5.75 Å². The second-order valence-electron chi connectivity index (χ2n) is 7.68. The molecule has 0 fully saturated rings. The van der Waals surface area contributed by atoms with Crippen molar-refractivity contribution in [3.8, 4) is 11.4 Å². The molecule has 12 heteroatoms. The van der Waals surface area contributed by atoms with E-state index in [1.54, 1.807) is 29.9 Å². The van der Waals surface area contributed by atoms with Crippen LogP contribution in [0.15, 0.2) is 78.0 Å². The second kappa shape index (κ2) is 11.6. The number of carbonyl (C=O) groups is 1. The van der Waals surface area contributed by atoms with Gasteiger partial charge < -0.3 is 15.4 Å². The fourth-order valence-electron chi connectivity index (χ4n) is 3.38. The van der Waals surface area contributed by atoms with Crippen LogP contribution in [0.3, 0.4) is 0 Å². The van der Waals surface area contributed by atoms with E-state index >= 15 is 0 Å². The number of halogens is 4. The van der Waals surface area contributed by atoms with Crippen molar-refractivity contribution in [2.24, 2.45) is 0 Å². The topological polar surface area (TPSA) is 81.1 Å². The molecule has 0 aliphatic heterocycles. The minimum atomic E-state index is -4.50. The summed E-state index contributed by atoms with van der Waals surface area (Å²) in [5.41, 5.74) is 0.681. The van der Waals surface area contributed by atoms with Crippen LogP contribution >= 0.6 is 23.4 Å². The lowest BCUT2D eigenvalue weighted by atomic mass is 10.2. The molecule has 0 saturated heterocycles. The Labute approximate surface area is 220 Å². The van der Waals surface area contributed by atoms with Gasteiger partial charge in [-0.1, -0.05) is 41.6 Å². The number of ether oxygens (including phenoxy) is 1. The number of hydrogen-bond acceptors (Lipinski definition) is 6. The quantitative estimate of drug-likeness (QED) is 0.240. The van der Waals surface area contributed by atoms with Gasteiger partial charge in [0, 0.05) is 11.4 Å². The minimum Gasteiger partial charge on any atom is -0.497 e. The van der Waals surface area contributed by atoms with Crippen molar-refractivity contribution >= 4 is 40.6 Å². The number of rotatable bonds is 9. The van der Waals surface area contributed by atoms with Gasteiger partial charge in [-0.2, -0.15) is 13.2 Å². The summed E-state index contributed by atoms with van der Waals surface area (Å²) in [4.78, 5) is 12.5. The maximum atomic E-state index is 13.0. The van der Waals surface area contributed by atoms with Crippen molar-refractivity contribution in [2.75, 3.05) is 23.5 Å². The number of anilines is 2. The zero-order valence-corrected chi connectivity index (χ0v) is 21.0. The molecule has 0 aliphatic rings. The maximum absolute atomic E-state index is 13.0. The van der Waals surface area contributed by atoms with Gasteiger partial charge in [-0.05, 0) is 54.6 Å². The molecule has 7 nitrogen and oxygen atoms in total. The minimum absolute atomic E-state index is 0.0571. The van der Waals surface area contributed by atoms with Gasteiger partial charge in [0.15, 0.2) is 11.0 Å². The molecule has 1 aromatic heterocycles. The Balaban J connectivity index is 1.51. The van der Waals surface area contributed by atoms with Crippen LogP contribution in [0.4, 0.5) is 24.5 Å². The number of carbonyl (C=O) groups excluding carboxylic acids is 1. The fourth-order valence-corrected chi connectivity index (χ4v) is 4.35. The molecule has 0 spiro atoms. The van der Waals surface area contributed by atoms with Crippen molar-refractivity contribution in [1.82, 2.24) is 14.8 Å². The van der Waals surface area contributed by atoms with E-state index in [0.717, 1.165) is 35.3 Å². The number of amides is 1. The summed E-state index contributed by atoms with van der Waals surface area (Å²) in [5, 5.41) is 15.2. The normalized spacial score (nSPS) is 11.3. The lowest BCUT2D eigenvalue weighted by Gasteiger charge is -2.13. The Hall–Kier alpha value is -3.70. The van der Waals surface area contributed by atoms with E-state index < -0.39 is 17.6 Å². The van der Waals surface area contributed by atoms with Crippen LogP contribution in [-0.4, -0.2) is 33.5 Å². The lowest BCUT2D eigenvalue weighted by Crippen LogP contribution is -2.15. The molecule has 4 rings (SSSR count). The van der Waals surface area contributed by atoms with Gasteiger partial charge in [0.05, 0.1) is 35.7 Å². The van der Waals surface area contributed by atoms with Gasteiger partial charge in [-0.15, -0.1) is 10.2 Å². The summed E-state index contributed by atoms with van der Waals surface area (Å²) in [5.74, 6) is 0.653. The third-order valence-electron chi connectivity index (χ3n) is 5.15. The first-order valence-electron chi connectivity index (χ1n) is 10.9. The summed E-state index contributed by atoms with van der Waals surface area (Å²) < 4.78 is 45.9. The van der Waals surface area contributed by atoms with Crippen molar-refractivity contribution in [2.45, 2.75) is 17.9 Å². The van der Waals surface area contributed by atoms with E-state index in [2.05, 4.69) is 20.8 Å². The summed E-state index contributed by atoms with van der Waals surface area (Å²) >= 11 is 7.35. The zero-order valence-electron chi connectivity index (χ0n) is 19.4. The van der Waals surface area contributed by atoms with E-state index in [-0.39, 0.29) is 11.4 Å². The van der Waals surface area contributed by atoms with Gasteiger partial charge in [-0.3, -0.25) is 9.36 Å². The highest BCUT2D eigenvalue weighted by atomic mass is 35.5. The number of benzene rings is 3. The molecular weight excluding hydrogens is 527 g/mol. The number of alkyl halides is 3. The smallest absolute Gasteiger partial charge is 0.416 e. The van der Waals surface area contributed by atoms with Gasteiger partial charge in [0.25, 0.3) is 0 Å². The van der Waals surface area contributed by atoms with E-state index in [0.29, 0.717) is 28.3 Å². The van der Waals surface area contributed by atoms with Crippen LogP contribution < -0.4 is 15.4 Å². The summed E-state index contributed by atoms with van der Waals surface area (Å²) in [6.45, 7) is 0.291. The van der Waals surface area contributed by atoms with Crippen LogP contribution in [-0.2, 0) is 17.5 Å². The van der Waals surface area contributed by atoms with E-state index in [1.165, 1.54) is 12.1 Å². The molecule has 3 aromatic carbocycles. The fraction of sp³-hybridized carbons (Fsp3) is 0.160. The second-order valence-corrected chi connectivity index (χ2v) is 9.03. The first-order chi connectivity index (χ1) is 17.7. The number of thioether (sulfide) groups is 1. The molecule has 4 aromatic rings. The molecule has 0 aliphatic carbocycles. The Morgan fingerprint density at radius 1 is 1.05 bits per heavy atom. The molecule has 0 saturated carbocycles. The lowest BCUT2D eigenvalue weighted by molar-refractivity contribution is -0.137. The first kappa shape index (κ1) is 26.4. The molecule has 2 N–H and O–H groups in total. The molecule has 0 atom stereocenters. The third-order valence-corrected chi connectivity index (χ3v) is 6.41. The van der Waals surface area contributed by atoms with E-state index in [4.69, 9.17) is 16.3 Å². The number of hydrogen-bond donors (Lipinski definition) is 2. The van der Waals surface area contributed by atoms with Crippen molar-refractivity contribution < 1.29 is 22.7 Å². The van der Waals surface area contributed by atoms with E-state index in [1.807, 2.05) is 30.3 Å². The molecule has 1 heterocycles. The standard InChI is InChI=1S/C25H21ClF3N5O2S/c1-36-19-11-9-18(10-12-19)34-22(14-30-21-8-3-2-7-20(21)26)32-33-24(34)37-15-23(35)31-17-6-4-5-16(13-17)25(27,28)29/h2-13,30H,14-15H2,1H3,(H,31,35). The number of nitrogens with zero attached hydrogens (tertiary/aromatic N) is 3. The van der Waals surface area contributed by atoms with Crippen molar-refractivity contribution in [3.05, 3.63) is 89.2 Å². The molecule has 192 valence electrons. The van der Waals surface area contributed by atoms with Crippen molar-refractivity contribution in [3.63, 3.8) is 0 Å². The SMILES string of the molecule is COc1ccc(-n2c(CNc3ccccc3Cl)nnc2SCC(=O)Nc2cccc(C(F)(F)F)c2)cc1. The zero-order chi connectivity index (χ0) is 26.4. The highest BCUT2D eigenvalue weighted by Crippen LogP contribution is 2.31. The number of nitrogens with one attached hydrogen (secondary N) is 2. The largest absolute Gasteiger partial charge is 0.497 e.